The van der Waals surface area contributed by atoms with Gasteiger partial charge in [0.25, 0.3) is 5.91 Å². The summed E-state index contributed by atoms with van der Waals surface area (Å²) in [5, 5.41) is 0. The Morgan fingerprint density at radius 2 is 1.75 bits per heavy atom. The molecule has 32 heavy (non-hydrogen) atoms. The molecule has 0 saturated carbocycles. The number of thioether (sulfide) groups is 1. The van der Waals surface area contributed by atoms with Crippen LogP contribution in [-0.2, 0) is 17.5 Å². The second-order valence-electron chi connectivity index (χ2n) is 7.46. The van der Waals surface area contributed by atoms with Crippen LogP contribution in [0.1, 0.15) is 28.1 Å². The molecule has 0 N–H and O–H groups in total. The third-order valence-corrected chi connectivity index (χ3v) is 6.62. The minimum atomic E-state index is -4.42. The Hall–Kier alpha value is -2.84. The highest BCUT2D eigenvalue weighted by Gasteiger charge is 2.33. The van der Waals surface area contributed by atoms with Crippen molar-refractivity contribution in [2.45, 2.75) is 26.6 Å². The zero-order valence-corrected chi connectivity index (χ0v) is 18.9. The van der Waals surface area contributed by atoms with Crippen LogP contribution in [-0.4, -0.2) is 19.7 Å². The standard InChI is InChI=1S/C24H19F3N2OS2/c1-15-11-18(16(2)29(15)20-10-6-9-19(13-20)24(25,26)27)12-21-22(30)28(23(31)32-21)14-17-7-4-3-5-8-17/h3-13H,14H2,1-2H3/b21-12+. The SMILES string of the molecule is Cc1cc(/C=C2/SC(=S)N(Cc3ccccc3)C2=O)c(C)n1-c1cccc(C(F)(F)F)c1. The highest BCUT2D eigenvalue weighted by atomic mass is 32.2. The lowest BCUT2D eigenvalue weighted by atomic mass is 10.2. The first-order valence-electron chi connectivity index (χ1n) is 9.81. The summed E-state index contributed by atoms with van der Waals surface area (Å²) in [6.45, 7) is 4.04. The normalized spacial score (nSPS) is 15.8. The summed E-state index contributed by atoms with van der Waals surface area (Å²) in [4.78, 5) is 15.0. The van der Waals surface area contributed by atoms with Gasteiger partial charge in [-0.3, -0.25) is 9.69 Å². The number of hydrogen-bond donors (Lipinski definition) is 0. The molecule has 2 heterocycles. The second kappa shape index (κ2) is 8.60. The molecule has 0 spiro atoms. The van der Waals surface area contributed by atoms with Crippen molar-refractivity contribution in [3.05, 3.63) is 93.6 Å². The Morgan fingerprint density at radius 1 is 1.03 bits per heavy atom. The highest BCUT2D eigenvalue weighted by Crippen LogP contribution is 2.35. The molecule has 0 aliphatic carbocycles. The van der Waals surface area contributed by atoms with Crippen LogP contribution >= 0.6 is 24.0 Å². The number of benzene rings is 2. The Kier molecular flexibility index (Phi) is 6.01. The topological polar surface area (TPSA) is 25.2 Å². The van der Waals surface area contributed by atoms with E-state index >= 15 is 0 Å². The van der Waals surface area contributed by atoms with Gasteiger partial charge in [-0.15, -0.1) is 0 Å². The van der Waals surface area contributed by atoms with Gasteiger partial charge in [0.1, 0.15) is 4.32 Å². The number of aromatic nitrogens is 1. The molecule has 0 unspecified atom stereocenters. The lowest BCUT2D eigenvalue weighted by Crippen LogP contribution is -2.27. The largest absolute Gasteiger partial charge is 0.416 e. The van der Waals surface area contributed by atoms with Crippen molar-refractivity contribution in [2.24, 2.45) is 0 Å². The van der Waals surface area contributed by atoms with Crippen LogP contribution in [0.3, 0.4) is 0 Å². The number of amides is 1. The van der Waals surface area contributed by atoms with E-state index in [9.17, 15) is 18.0 Å². The number of halogens is 3. The molecule has 2 aromatic carbocycles. The van der Waals surface area contributed by atoms with Gasteiger partial charge in [0.2, 0.25) is 0 Å². The maximum Gasteiger partial charge on any atom is 0.416 e. The molecule has 164 valence electrons. The van der Waals surface area contributed by atoms with Crippen LogP contribution in [0.25, 0.3) is 11.8 Å². The van der Waals surface area contributed by atoms with E-state index in [-0.39, 0.29) is 5.91 Å². The molecule has 0 radical (unpaired) electrons. The van der Waals surface area contributed by atoms with Crippen molar-refractivity contribution < 1.29 is 18.0 Å². The Bertz CT molecular complexity index is 1230. The Balaban J connectivity index is 1.65. The van der Waals surface area contributed by atoms with Gasteiger partial charge in [-0.2, -0.15) is 13.2 Å². The van der Waals surface area contributed by atoms with Crippen LogP contribution < -0.4 is 0 Å². The fraction of sp³-hybridized carbons (Fsp3) is 0.167. The molecule has 1 aliphatic rings. The van der Waals surface area contributed by atoms with Crippen LogP contribution in [0.4, 0.5) is 13.2 Å². The van der Waals surface area contributed by atoms with Crippen molar-refractivity contribution in [3.8, 4) is 5.69 Å². The Labute approximate surface area is 193 Å². The quantitative estimate of drug-likeness (QED) is 0.320. The van der Waals surface area contributed by atoms with Crippen molar-refractivity contribution in [1.82, 2.24) is 9.47 Å². The fourth-order valence-corrected chi connectivity index (χ4v) is 4.94. The van der Waals surface area contributed by atoms with Gasteiger partial charge in [0.05, 0.1) is 17.0 Å². The third kappa shape index (κ3) is 4.38. The average molecular weight is 473 g/mol. The lowest BCUT2D eigenvalue weighted by molar-refractivity contribution is -0.137. The number of nitrogens with zero attached hydrogens (tertiary/aromatic N) is 2. The lowest BCUT2D eigenvalue weighted by Gasteiger charge is -2.14. The maximum absolute atomic E-state index is 13.2. The van der Waals surface area contributed by atoms with Gasteiger partial charge in [-0.05, 0) is 55.3 Å². The fourth-order valence-electron chi connectivity index (χ4n) is 3.70. The Morgan fingerprint density at radius 3 is 2.44 bits per heavy atom. The van der Waals surface area contributed by atoms with E-state index in [2.05, 4.69) is 0 Å². The molecule has 4 rings (SSSR count). The minimum absolute atomic E-state index is 0.173. The molecule has 3 nitrogen and oxygen atoms in total. The molecule has 3 aromatic rings. The van der Waals surface area contributed by atoms with Crippen LogP contribution in [0.2, 0.25) is 0 Å². The van der Waals surface area contributed by atoms with Crippen molar-refractivity contribution in [2.75, 3.05) is 0 Å². The summed E-state index contributed by atoms with van der Waals surface area (Å²) in [5.74, 6) is -0.173. The van der Waals surface area contributed by atoms with Crippen molar-refractivity contribution in [3.63, 3.8) is 0 Å². The summed E-state index contributed by atoms with van der Waals surface area (Å²) in [6.07, 6.45) is -2.66. The molecule has 1 aromatic heterocycles. The summed E-state index contributed by atoms with van der Waals surface area (Å²) in [6, 6.07) is 16.7. The zero-order chi connectivity index (χ0) is 23.0. The molecule has 1 amide bonds. The summed E-state index contributed by atoms with van der Waals surface area (Å²) in [7, 11) is 0. The van der Waals surface area contributed by atoms with Crippen LogP contribution in [0.15, 0.2) is 65.6 Å². The molecule has 1 aliphatic heterocycles. The van der Waals surface area contributed by atoms with Gasteiger partial charge in [-0.25, -0.2) is 0 Å². The first-order chi connectivity index (χ1) is 15.1. The van der Waals surface area contributed by atoms with Gasteiger partial charge in [-0.1, -0.05) is 60.4 Å². The third-order valence-electron chi connectivity index (χ3n) is 5.25. The van der Waals surface area contributed by atoms with E-state index in [1.807, 2.05) is 50.2 Å². The van der Waals surface area contributed by atoms with E-state index < -0.39 is 11.7 Å². The van der Waals surface area contributed by atoms with Gasteiger partial charge in [0, 0.05) is 17.1 Å². The molecule has 1 fully saturated rings. The highest BCUT2D eigenvalue weighted by molar-refractivity contribution is 8.26. The number of rotatable bonds is 4. The summed E-state index contributed by atoms with van der Waals surface area (Å²) >= 11 is 6.65. The summed E-state index contributed by atoms with van der Waals surface area (Å²) < 4.78 is 41.7. The number of aryl methyl sites for hydroxylation is 1. The first-order valence-corrected chi connectivity index (χ1v) is 11.0. The zero-order valence-electron chi connectivity index (χ0n) is 17.3. The summed E-state index contributed by atoms with van der Waals surface area (Å²) in [5.41, 5.74) is 2.98. The predicted octanol–water partition coefficient (Wildman–Crippen LogP) is 6.51. The number of hydrogen-bond acceptors (Lipinski definition) is 3. The van der Waals surface area contributed by atoms with Gasteiger partial charge >= 0.3 is 6.18 Å². The smallest absolute Gasteiger partial charge is 0.318 e. The minimum Gasteiger partial charge on any atom is -0.318 e. The van der Waals surface area contributed by atoms with Crippen molar-refractivity contribution in [1.29, 1.82) is 0 Å². The molecule has 8 heteroatoms. The predicted molar refractivity (Wildman–Crippen MR) is 125 cm³/mol. The monoisotopic (exact) mass is 472 g/mol. The molecule has 0 atom stereocenters. The van der Waals surface area contributed by atoms with Crippen LogP contribution in [0.5, 0.6) is 0 Å². The van der Waals surface area contributed by atoms with E-state index in [1.165, 1.54) is 17.8 Å². The average Bonchev–Trinajstić information content (AvgIpc) is 3.17. The van der Waals surface area contributed by atoms with E-state index in [1.54, 1.807) is 21.6 Å². The molecular formula is C24H19F3N2OS2. The molecule has 1 saturated heterocycles. The van der Waals surface area contributed by atoms with Gasteiger partial charge in [0.15, 0.2) is 0 Å². The number of carbonyl (C=O) groups is 1. The van der Waals surface area contributed by atoms with Crippen LogP contribution in [0, 0.1) is 13.8 Å². The van der Waals surface area contributed by atoms with Gasteiger partial charge < -0.3 is 4.57 Å². The van der Waals surface area contributed by atoms with E-state index in [4.69, 9.17) is 12.2 Å². The maximum atomic E-state index is 13.2. The second-order valence-corrected chi connectivity index (χ2v) is 9.14. The van der Waals surface area contributed by atoms with Crippen molar-refractivity contribution >= 4 is 40.3 Å². The van der Waals surface area contributed by atoms with E-state index in [0.29, 0.717) is 21.5 Å². The van der Waals surface area contributed by atoms with E-state index in [0.717, 1.165) is 34.6 Å². The number of alkyl halides is 3. The molecule has 0 bridgehead atoms. The number of carbonyl (C=O) groups excluding carboxylic acids is 1. The first kappa shape index (κ1) is 22.4. The molecular weight excluding hydrogens is 453 g/mol. The number of thiocarbonyl (C=S) groups is 1.